The molecule has 0 aliphatic carbocycles. The monoisotopic (exact) mass is 214 g/mol. The van der Waals surface area contributed by atoms with Crippen molar-refractivity contribution in [1.82, 2.24) is 0 Å². The first-order valence-corrected chi connectivity index (χ1v) is 4.87. The van der Waals surface area contributed by atoms with Crippen LogP contribution in [0.5, 0.6) is 0 Å². The highest BCUT2D eigenvalue weighted by atomic mass is 16.5. The molecule has 4 heteroatoms. The van der Waals surface area contributed by atoms with Gasteiger partial charge in [-0.05, 0) is 20.8 Å². The number of carbonyl (C=O) groups is 1. The molecule has 0 heterocycles. The highest BCUT2D eigenvalue weighted by Gasteiger charge is 2.05. The summed E-state index contributed by atoms with van der Waals surface area (Å²) in [5.74, 6) is -0.381. The van der Waals surface area contributed by atoms with Crippen molar-refractivity contribution in [3.8, 4) is 0 Å². The fraction of sp³-hybridized carbons (Fsp3) is 0.545. The van der Waals surface area contributed by atoms with Crippen molar-refractivity contribution in [2.24, 2.45) is 0 Å². The maximum atomic E-state index is 11.1. The molecule has 2 N–H and O–H groups in total. The Labute approximate surface area is 89.9 Å². The molecule has 0 bridgehead atoms. The van der Waals surface area contributed by atoms with E-state index in [1.165, 1.54) is 25.2 Å². The van der Waals surface area contributed by atoms with Crippen LogP contribution in [0.1, 0.15) is 20.8 Å². The van der Waals surface area contributed by atoms with E-state index in [2.05, 4.69) is 0 Å². The molecule has 0 radical (unpaired) electrons. The highest BCUT2D eigenvalue weighted by molar-refractivity contribution is 5.88. The van der Waals surface area contributed by atoms with E-state index in [4.69, 9.17) is 9.84 Å². The van der Waals surface area contributed by atoms with E-state index in [0.717, 1.165) is 0 Å². The third-order valence-electron chi connectivity index (χ3n) is 1.75. The zero-order chi connectivity index (χ0) is 11.8. The van der Waals surface area contributed by atoms with Crippen molar-refractivity contribution in [3.63, 3.8) is 0 Å². The number of aliphatic hydroxyl groups is 2. The predicted octanol–water partition coefficient (Wildman–Crippen LogP) is 0.794. The summed E-state index contributed by atoms with van der Waals surface area (Å²) in [5.41, 5.74) is 0.450. The third-order valence-corrected chi connectivity index (χ3v) is 1.75. The molecule has 86 valence electrons. The lowest BCUT2D eigenvalue weighted by Gasteiger charge is -2.06. The molecule has 0 spiro atoms. The van der Waals surface area contributed by atoms with Crippen LogP contribution in [0.2, 0.25) is 0 Å². The first-order chi connectivity index (χ1) is 6.99. The molecule has 0 aromatic carbocycles. The van der Waals surface area contributed by atoms with Crippen molar-refractivity contribution in [2.75, 3.05) is 6.61 Å². The topological polar surface area (TPSA) is 66.8 Å². The Kier molecular flexibility index (Phi) is 6.66. The zero-order valence-corrected chi connectivity index (χ0v) is 9.30. The fourth-order valence-electron chi connectivity index (χ4n) is 0.788. The second kappa shape index (κ2) is 7.20. The van der Waals surface area contributed by atoms with Crippen molar-refractivity contribution in [2.45, 2.75) is 33.0 Å². The van der Waals surface area contributed by atoms with Gasteiger partial charge in [0, 0.05) is 5.57 Å². The average molecular weight is 214 g/mol. The smallest absolute Gasteiger partial charge is 0.333 e. The van der Waals surface area contributed by atoms with Gasteiger partial charge in [0.05, 0.1) is 18.8 Å². The molecule has 15 heavy (non-hydrogen) atoms. The molecule has 0 fully saturated rings. The summed E-state index contributed by atoms with van der Waals surface area (Å²) in [4.78, 5) is 11.1. The molecule has 0 aromatic heterocycles. The Balaban J connectivity index is 4.21. The van der Waals surface area contributed by atoms with E-state index < -0.39 is 12.2 Å². The first-order valence-electron chi connectivity index (χ1n) is 4.87. The van der Waals surface area contributed by atoms with Gasteiger partial charge in [-0.1, -0.05) is 18.2 Å². The number of aliphatic hydroxyl groups excluding tert-OH is 2. The molecule has 0 unspecified atom stereocenters. The van der Waals surface area contributed by atoms with Gasteiger partial charge in [0.2, 0.25) is 0 Å². The second-order valence-electron chi connectivity index (χ2n) is 3.19. The zero-order valence-electron chi connectivity index (χ0n) is 9.30. The molecule has 4 nitrogen and oxygen atoms in total. The summed E-state index contributed by atoms with van der Waals surface area (Å²) < 4.78 is 4.76. The van der Waals surface area contributed by atoms with Crippen LogP contribution in [0.15, 0.2) is 23.8 Å². The van der Waals surface area contributed by atoms with Gasteiger partial charge in [-0.25, -0.2) is 4.79 Å². The van der Waals surface area contributed by atoms with Crippen molar-refractivity contribution < 1.29 is 19.7 Å². The minimum Gasteiger partial charge on any atom is -0.463 e. The van der Waals surface area contributed by atoms with E-state index in [9.17, 15) is 9.90 Å². The second-order valence-corrected chi connectivity index (χ2v) is 3.19. The third kappa shape index (κ3) is 6.04. The number of ether oxygens (including phenoxy) is 1. The van der Waals surface area contributed by atoms with Gasteiger partial charge in [0.1, 0.15) is 0 Å². The molecule has 2 atom stereocenters. The maximum absolute atomic E-state index is 11.1. The van der Waals surface area contributed by atoms with Crippen molar-refractivity contribution in [3.05, 3.63) is 23.8 Å². The summed E-state index contributed by atoms with van der Waals surface area (Å²) in [5, 5.41) is 18.2. The van der Waals surface area contributed by atoms with Crippen LogP contribution in [-0.2, 0) is 9.53 Å². The summed E-state index contributed by atoms with van der Waals surface area (Å²) in [6, 6.07) is 0. The SMILES string of the molecule is CCOC(=O)C(C)=CC=C[C@@H](O)[C@@H](C)O. The van der Waals surface area contributed by atoms with Gasteiger partial charge in [-0.15, -0.1) is 0 Å². The van der Waals surface area contributed by atoms with Gasteiger partial charge in [-0.2, -0.15) is 0 Å². The predicted molar refractivity (Wildman–Crippen MR) is 57.2 cm³/mol. The highest BCUT2D eigenvalue weighted by Crippen LogP contribution is 1.99. The van der Waals surface area contributed by atoms with Crippen LogP contribution in [0.25, 0.3) is 0 Å². The average Bonchev–Trinajstić information content (AvgIpc) is 2.17. The number of hydrogen-bond acceptors (Lipinski definition) is 4. The minimum absolute atomic E-state index is 0.337. The molecular formula is C11H18O4. The lowest BCUT2D eigenvalue weighted by molar-refractivity contribution is -0.138. The molecule has 0 aliphatic rings. The molecule has 0 amide bonds. The molecule has 0 aromatic rings. The van der Waals surface area contributed by atoms with Gasteiger partial charge in [0.25, 0.3) is 0 Å². The van der Waals surface area contributed by atoms with Crippen LogP contribution >= 0.6 is 0 Å². The minimum atomic E-state index is -0.920. The number of hydrogen-bond donors (Lipinski definition) is 2. The lowest BCUT2D eigenvalue weighted by atomic mass is 10.2. The van der Waals surface area contributed by atoms with Crippen LogP contribution in [0.4, 0.5) is 0 Å². The van der Waals surface area contributed by atoms with Crippen LogP contribution < -0.4 is 0 Å². The molecule has 0 rings (SSSR count). The lowest BCUT2D eigenvalue weighted by Crippen LogP contribution is -2.19. The van der Waals surface area contributed by atoms with Crippen LogP contribution in [0, 0.1) is 0 Å². The van der Waals surface area contributed by atoms with Crippen molar-refractivity contribution in [1.29, 1.82) is 0 Å². The van der Waals surface area contributed by atoms with Crippen LogP contribution in [-0.4, -0.2) is 35.0 Å². The molecule has 0 aliphatic heterocycles. The van der Waals surface area contributed by atoms with E-state index >= 15 is 0 Å². The Morgan fingerprint density at radius 2 is 2.07 bits per heavy atom. The number of rotatable bonds is 5. The van der Waals surface area contributed by atoms with E-state index in [1.807, 2.05) is 0 Å². The number of carbonyl (C=O) groups excluding carboxylic acids is 1. The summed E-state index contributed by atoms with van der Waals surface area (Å²) in [7, 11) is 0. The Bertz CT molecular complexity index is 253. The Hall–Kier alpha value is -1.13. The van der Waals surface area contributed by atoms with E-state index in [-0.39, 0.29) is 5.97 Å². The van der Waals surface area contributed by atoms with Gasteiger partial charge in [-0.3, -0.25) is 0 Å². The van der Waals surface area contributed by atoms with Gasteiger partial charge < -0.3 is 14.9 Å². The standard InChI is InChI=1S/C11H18O4/c1-4-15-11(14)8(2)6-5-7-10(13)9(3)12/h5-7,9-10,12-13H,4H2,1-3H3/t9-,10-/m1/s1. The van der Waals surface area contributed by atoms with E-state index in [1.54, 1.807) is 13.8 Å². The van der Waals surface area contributed by atoms with E-state index in [0.29, 0.717) is 12.2 Å². The largest absolute Gasteiger partial charge is 0.463 e. The number of esters is 1. The number of allylic oxidation sites excluding steroid dienone is 2. The summed E-state index contributed by atoms with van der Waals surface area (Å²) in [6.07, 6.45) is 2.72. The maximum Gasteiger partial charge on any atom is 0.333 e. The van der Waals surface area contributed by atoms with Gasteiger partial charge in [0.15, 0.2) is 0 Å². The van der Waals surface area contributed by atoms with Gasteiger partial charge >= 0.3 is 5.97 Å². The Morgan fingerprint density at radius 1 is 1.47 bits per heavy atom. The summed E-state index contributed by atoms with van der Waals surface area (Å²) >= 11 is 0. The van der Waals surface area contributed by atoms with Crippen LogP contribution in [0.3, 0.4) is 0 Å². The molecule has 0 saturated carbocycles. The quantitative estimate of drug-likeness (QED) is 0.403. The molecular weight excluding hydrogens is 196 g/mol. The molecule has 0 saturated heterocycles. The summed E-state index contributed by atoms with van der Waals surface area (Å²) in [6.45, 7) is 5.18. The Morgan fingerprint density at radius 3 is 2.53 bits per heavy atom. The first kappa shape index (κ1) is 13.9. The fourth-order valence-corrected chi connectivity index (χ4v) is 0.788. The normalized spacial score (nSPS) is 16.5. The van der Waals surface area contributed by atoms with Crippen molar-refractivity contribution >= 4 is 5.97 Å².